The van der Waals surface area contributed by atoms with E-state index in [9.17, 15) is 0 Å². The fraction of sp³-hybridized carbons (Fsp3) is 0.500. The largest absolute Gasteiger partial charge is 0.453 e. The van der Waals surface area contributed by atoms with E-state index in [1.54, 1.807) is 0 Å². The van der Waals surface area contributed by atoms with E-state index in [1.807, 2.05) is 12.1 Å². The lowest BCUT2D eigenvalue weighted by molar-refractivity contribution is 0.431. The Kier molecular flexibility index (Phi) is 3.62. The van der Waals surface area contributed by atoms with Crippen LogP contribution in [0.5, 0.6) is 0 Å². The predicted molar refractivity (Wildman–Crippen MR) is 53.6 cm³/mol. The summed E-state index contributed by atoms with van der Waals surface area (Å²) in [5.74, 6) is 1.05. The number of hydrogen-bond donors (Lipinski definition) is 1. The van der Waals surface area contributed by atoms with Gasteiger partial charge in [0, 0.05) is 0 Å². The maximum atomic E-state index is 5.42. The van der Waals surface area contributed by atoms with Crippen molar-refractivity contribution in [2.24, 2.45) is 0 Å². The zero-order valence-corrected chi connectivity index (χ0v) is 8.95. The Hall–Kier alpha value is 0.01000. The topological polar surface area (TPSA) is 25.2 Å². The molecule has 0 bridgehead atoms. The molecule has 0 spiro atoms. The first kappa shape index (κ1) is 10.1. The molecule has 0 amide bonds. The molecule has 12 heavy (non-hydrogen) atoms. The van der Waals surface area contributed by atoms with E-state index in [1.165, 1.54) is 12.8 Å². The maximum absolute atomic E-state index is 5.42. The van der Waals surface area contributed by atoms with Gasteiger partial charge in [0.15, 0.2) is 4.67 Å². The van der Waals surface area contributed by atoms with E-state index < -0.39 is 0 Å². The molecule has 0 aromatic carbocycles. The Morgan fingerprint density at radius 3 is 2.83 bits per heavy atom. The van der Waals surface area contributed by atoms with E-state index in [0.29, 0.717) is 6.04 Å². The Morgan fingerprint density at radius 2 is 2.33 bits per heavy atom. The highest BCUT2D eigenvalue weighted by Crippen LogP contribution is 2.26. The molecule has 0 saturated carbocycles. The van der Waals surface area contributed by atoms with E-state index in [0.717, 1.165) is 17.0 Å². The van der Waals surface area contributed by atoms with Crippen molar-refractivity contribution in [3.05, 3.63) is 22.6 Å². The average molecular weight is 253 g/mol. The molecule has 1 aromatic heterocycles. The molecule has 1 N–H and O–H groups in total. The summed E-state index contributed by atoms with van der Waals surface area (Å²) in [6, 6.07) is 4.41. The summed E-state index contributed by atoms with van der Waals surface area (Å²) >= 11 is 3.28. The first-order valence-electron chi connectivity index (χ1n) is 3.85. The highest BCUT2D eigenvalue weighted by Gasteiger charge is 2.18. The van der Waals surface area contributed by atoms with Gasteiger partial charge in [0.05, 0.1) is 6.04 Å². The van der Waals surface area contributed by atoms with Crippen molar-refractivity contribution in [2.45, 2.75) is 18.9 Å². The van der Waals surface area contributed by atoms with Crippen LogP contribution in [0.4, 0.5) is 0 Å². The van der Waals surface area contributed by atoms with Gasteiger partial charge in [0.25, 0.3) is 0 Å². The molecule has 0 radical (unpaired) electrons. The lowest BCUT2D eigenvalue weighted by Gasteiger charge is -2.04. The molecular formula is C8H11BrClNO. The van der Waals surface area contributed by atoms with Gasteiger partial charge < -0.3 is 9.73 Å². The van der Waals surface area contributed by atoms with Gasteiger partial charge in [-0.3, -0.25) is 0 Å². The molecule has 0 unspecified atom stereocenters. The third kappa shape index (κ3) is 2.03. The average Bonchev–Trinajstić information content (AvgIpc) is 2.55. The van der Waals surface area contributed by atoms with Crippen LogP contribution in [0.15, 0.2) is 21.2 Å². The monoisotopic (exact) mass is 251 g/mol. The number of rotatable bonds is 1. The molecule has 4 heteroatoms. The summed E-state index contributed by atoms with van der Waals surface area (Å²) in [5, 5.41) is 3.37. The molecule has 1 aliphatic rings. The van der Waals surface area contributed by atoms with Gasteiger partial charge >= 0.3 is 0 Å². The second-order valence-electron chi connectivity index (χ2n) is 2.79. The van der Waals surface area contributed by atoms with E-state index in [-0.39, 0.29) is 12.4 Å². The highest BCUT2D eigenvalue weighted by atomic mass is 79.9. The van der Waals surface area contributed by atoms with Gasteiger partial charge in [0.1, 0.15) is 5.76 Å². The predicted octanol–water partition coefficient (Wildman–Crippen LogP) is 2.89. The van der Waals surface area contributed by atoms with Crippen molar-refractivity contribution in [2.75, 3.05) is 6.54 Å². The van der Waals surface area contributed by atoms with Crippen molar-refractivity contribution < 1.29 is 4.42 Å². The molecule has 1 atom stereocenters. The Balaban J connectivity index is 0.000000720. The second-order valence-corrected chi connectivity index (χ2v) is 3.57. The molecule has 2 heterocycles. The Labute approximate surface area is 86.3 Å². The summed E-state index contributed by atoms with van der Waals surface area (Å²) in [4.78, 5) is 0. The van der Waals surface area contributed by atoms with E-state index in [2.05, 4.69) is 21.2 Å². The molecule has 2 nitrogen and oxygen atoms in total. The van der Waals surface area contributed by atoms with E-state index in [4.69, 9.17) is 4.42 Å². The van der Waals surface area contributed by atoms with Gasteiger partial charge in [-0.2, -0.15) is 0 Å². The van der Waals surface area contributed by atoms with Crippen LogP contribution in [-0.4, -0.2) is 6.54 Å². The number of furan rings is 1. The van der Waals surface area contributed by atoms with Crippen molar-refractivity contribution in [1.82, 2.24) is 5.32 Å². The number of halogens is 2. The lowest BCUT2D eigenvalue weighted by Crippen LogP contribution is -2.11. The summed E-state index contributed by atoms with van der Waals surface area (Å²) < 4.78 is 6.24. The zero-order valence-electron chi connectivity index (χ0n) is 6.55. The smallest absolute Gasteiger partial charge is 0.169 e. The highest BCUT2D eigenvalue weighted by molar-refractivity contribution is 9.10. The normalized spacial score (nSPS) is 22.2. The van der Waals surface area contributed by atoms with Gasteiger partial charge in [-0.25, -0.2) is 0 Å². The summed E-state index contributed by atoms with van der Waals surface area (Å²) in [5.41, 5.74) is 0. The van der Waals surface area contributed by atoms with Crippen molar-refractivity contribution in [3.8, 4) is 0 Å². The minimum atomic E-state index is 0. The van der Waals surface area contributed by atoms with Crippen LogP contribution in [0.25, 0.3) is 0 Å². The SMILES string of the molecule is Brc1ccc([C@H]2CCCN2)o1.Cl. The van der Waals surface area contributed by atoms with Crippen molar-refractivity contribution in [3.63, 3.8) is 0 Å². The van der Waals surface area contributed by atoms with Gasteiger partial charge in [-0.15, -0.1) is 12.4 Å². The number of nitrogens with one attached hydrogen (secondary N) is 1. The summed E-state index contributed by atoms with van der Waals surface area (Å²) in [6.07, 6.45) is 2.45. The Morgan fingerprint density at radius 1 is 1.50 bits per heavy atom. The zero-order chi connectivity index (χ0) is 7.68. The minimum absolute atomic E-state index is 0. The third-order valence-electron chi connectivity index (χ3n) is 2.00. The minimum Gasteiger partial charge on any atom is -0.453 e. The quantitative estimate of drug-likeness (QED) is 0.831. The Bertz CT molecular complexity index is 245. The molecular weight excluding hydrogens is 241 g/mol. The fourth-order valence-electron chi connectivity index (χ4n) is 1.44. The summed E-state index contributed by atoms with van der Waals surface area (Å²) in [6.45, 7) is 1.11. The third-order valence-corrected chi connectivity index (χ3v) is 2.42. The fourth-order valence-corrected chi connectivity index (χ4v) is 1.76. The van der Waals surface area contributed by atoms with Crippen LogP contribution in [-0.2, 0) is 0 Å². The molecule has 68 valence electrons. The number of hydrogen-bond acceptors (Lipinski definition) is 2. The molecule has 1 saturated heterocycles. The maximum Gasteiger partial charge on any atom is 0.169 e. The van der Waals surface area contributed by atoms with E-state index >= 15 is 0 Å². The lowest BCUT2D eigenvalue weighted by atomic mass is 10.2. The van der Waals surface area contributed by atoms with Crippen molar-refractivity contribution in [1.29, 1.82) is 0 Å². The molecule has 0 aliphatic carbocycles. The van der Waals surface area contributed by atoms with Crippen LogP contribution in [0.3, 0.4) is 0 Å². The van der Waals surface area contributed by atoms with Gasteiger partial charge in [-0.05, 0) is 47.4 Å². The summed E-state index contributed by atoms with van der Waals surface area (Å²) in [7, 11) is 0. The molecule has 1 aliphatic heterocycles. The first-order chi connectivity index (χ1) is 5.36. The second kappa shape index (κ2) is 4.30. The van der Waals surface area contributed by atoms with Crippen LogP contribution in [0.2, 0.25) is 0 Å². The molecule has 1 fully saturated rings. The molecule has 2 rings (SSSR count). The van der Waals surface area contributed by atoms with Crippen molar-refractivity contribution >= 4 is 28.3 Å². The van der Waals surface area contributed by atoms with Gasteiger partial charge in [-0.1, -0.05) is 0 Å². The molecule has 1 aromatic rings. The van der Waals surface area contributed by atoms with Crippen LogP contribution in [0, 0.1) is 0 Å². The van der Waals surface area contributed by atoms with Crippen LogP contribution in [0.1, 0.15) is 24.6 Å². The van der Waals surface area contributed by atoms with Gasteiger partial charge in [0.2, 0.25) is 0 Å². The van der Waals surface area contributed by atoms with Crippen LogP contribution < -0.4 is 5.32 Å². The van der Waals surface area contributed by atoms with Crippen LogP contribution >= 0.6 is 28.3 Å². The first-order valence-corrected chi connectivity index (χ1v) is 4.64. The standard InChI is InChI=1S/C8H10BrNO.ClH/c9-8-4-3-7(11-8)6-2-1-5-10-6;/h3-4,6,10H,1-2,5H2;1H/t6-;/m1./s1.